The largest absolute Gasteiger partial charge is 0.381 e. The van der Waals surface area contributed by atoms with Crippen molar-refractivity contribution in [1.29, 1.82) is 0 Å². The van der Waals surface area contributed by atoms with E-state index in [9.17, 15) is 0 Å². The quantitative estimate of drug-likeness (QED) is 0.714. The van der Waals surface area contributed by atoms with E-state index >= 15 is 0 Å². The van der Waals surface area contributed by atoms with E-state index in [1.165, 1.54) is 32.1 Å². The molecule has 104 valence electrons. The number of nitrogens with zero attached hydrogens (tertiary/aromatic N) is 1. The molecule has 0 saturated heterocycles. The van der Waals surface area contributed by atoms with Gasteiger partial charge in [-0.2, -0.15) is 0 Å². The van der Waals surface area contributed by atoms with Crippen molar-refractivity contribution in [3.05, 3.63) is 24.4 Å². The highest BCUT2D eigenvalue weighted by molar-refractivity contribution is 6.52. The van der Waals surface area contributed by atoms with Crippen LogP contribution in [0.25, 0.3) is 0 Å². The number of aromatic nitrogens is 1. The number of pyridine rings is 1. The first-order chi connectivity index (χ1) is 9.25. The number of hydrogen-bond acceptors (Lipinski definition) is 2. The molecule has 2 radical (unpaired) electrons. The van der Waals surface area contributed by atoms with Crippen LogP contribution in [0.1, 0.15) is 46.0 Å². The summed E-state index contributed by atoms with van der Waals surface area (Å²) >= 11 is 0. The summed E-state index contributed by atoms with van der Waals surface area (Å²) in [5.41, 5.74) is 0. The van der Waals surface area contributed by atoms with Gasteiger partial charge < -0.3 is 4.74 Å². The molecule has 2 nitrogen and oxygen atoms in total. The molecule has 0 amide bonds. The third-order valence-corrected chi connectivity index (χ3v) is 4.81. The highest BCUT2D eigenvalue weighted by Crippen LogP contribution is 2.32. The number of ether oxygens (including phenoxy) is 1. The van der Waals surface area contributed by atoms with Gasteiger partial charge in [0.25, 0.3) is 0 Å². The van der Waals surface area contributed by atoms with Gasteiger partial charge in [-0.1, -0.05) is 32.8 Å². The Morgan fingerprint density at radius 2 is 2.11 bits per heavy atom. The van der Waals surface area contributed by atoms with Crippen molar-refractivity contribution >= 4 is 14.8 Å². The Hall–Kier alpha value is -0.673. The lowest BCUT2D eigenvalue weighted by Crippen LogP contribution is -2.30. The molecule has 1 heterocycles. The first-order valence-corrected chi connectivity index (χ1v) is 8.73. The van der Waals surface area contributed by atoms with E-state index in [0.717, 1.165) is 23.4 Å². The third kappa shape index (κ3) is 5.07. The van der Waals surface area contributed by atoms with Crippen LogP contribution in [-0.4, -0.2) is 26.8 Å². The van der Waals surface area contributed by atoms with Crippen LogP contribution in [0.4, 0.5) is 0 Å². The summed E-state index contributed by atoms with van der Waals surface area (Å²) in [7, 11) is 0.676. The average Bonchev–Trinajstić information content (AvgIpc) is 2.92. The van der Waals surface area contributed by atoms with Crippen molar-refractivity contribution in [2.24, 2.45) is 11.8 Å². The van der Waals surface area contributed by atoms with E-state index in [-0.39, 0.29) is 0 Å². The fraction of sp³-hybridized carbons (Fsp3) is 0.688. The molecule has 1 aromatic rings. The van der Waals surface area contributed by atoms with Gasteiger partial charge in [-0.3, -0.25) is 4.98 Å². The molecule has 0 N–H and O–H groups in total. The molecule has 1 aliphatic rings. The first kappa shape index (κ1) is 14.7. The fourth-order valence-electron chi connectivity index (χ4n) is 2.88. The molecule has 2 rings (SSSR count). The maximum absolute atomic E-state index is 6.21. The predicted molar refractivity (Wildman–Crippen MR) is 80.8 cm³/mol. The summed E-state index contributed by atoms with van der Waals surface area (Å²) in [6.07, 6.45) is 9.90. The zero-order valence-corrected chi connectivity index (χ0v) is 13.1. The summed E-state index contributed by atoms with van der Waals surface area (Å²) < 4.78 is 6.21. The van der Waals surface area contributed by atoms with Gasteiger partial charge in [0.1, 0.15) is 9.52 Å². The maximum atomic E-state index is 6.21. The predicted octanol–water partition coefficient (Wildman–Crippen LogP) is 2.99. The van der Waals surface area contributed by atoms with Gasteiger partial charge in [0.2, 0.25) is 0 Å². The molecule has 1 aliphatic carbocycles. The number of hydrogen-bond donors (Lipinski definition) is 0. The van der Waals surface area contributed by atoms with Crippen molar-refractivity contribution < 1.29 is 4.74 Å². The summed E-state index contributed by atoms with van der Waals surface area (Å²) in [5.74, 6) is 1.53. The van der Waals surface area contributed by atoms with Crippen molar-refractivity contribution in [2.75, 3.05) is 6.23 Å². The van der Waals surface area contributed by atoms with Gasteiger partial charge >= 0.3 is 0 Å². The Labute approximate surface area is 119 Å². The van der Waals surface area contributed by atoms with E-state index in [0.29, 0.717) is 15.6 Å². The van der Waals surface area contributed by atoms with Crippen LogP contribution in [0.2, 0.25) is 0 Å². The second kappa shape index (κ2) is 7.80. The van der Waals surface area contributed by atoms with Crippen LogP contribution in [-0.2, 0) is 4.74 Å². The third-order valence-electron chi connectivity index (χ3n) is 3.84. The summed E-state index contributed by atoms with van der Waals surface area (Å²) in [5, 5.41) is 1.16. The molecule has 0 spiro atoms. The molecule has 0 aliphatic heterocycles. The molecule has 1 saturated carbocycles. The Bertz CT molecular complexity index is 349. The second-order valence-corrected chi connectivity index (χ2v) is 7.07. The Kier molecular flexibility index (Phi) is 6.05. The van der Waals surface area contributed by atoms with Crippen LogP contribution in [0.3, 0.4) is 0 Å². The van der Waals surface area contributed by atoms with Gasteiger partial charge in [-0.25, -0.2) is 0 Å². The van der Waals surface area contributed by atoms with Crippen LogP contribution < -0.4 is 5.32 Å². The molecule has 3 heteroatoms. The monoisotopic (exact) mass is 275 g/mol. The van der Waals surface area contributed by atoms with Crippen LogP contribution in [0, 0.1) is 11.8 Å². The summed E-state index contributed by atoms with van der Waals surface area (Å²) in [4.78, 5) is 4.37. The number of rotatable bonds is 7. The molecule has 1 unspecified atom stereocenters. The molecule has 1 aromatic heterocycles. The molecule has 19 heavy (non-hydrogen) atoms. The Morgan fingerprint density at radius 1 is 1.32 bits per heavy atom. The van der Waals surface area contributed by atoms with Gasteiger partial charge in [0, 0.05) is 17.7 Å². The molecule has 1 fully saturated rings. The zero-order valence-electron chi connectivity index (χ0n) is 12.1. The van der Waals surface area contributed by atoms with Gasteiger partial charge in [-0.15, -0.1) is 0 Å². The fourth-order valence-corrected chi connectivity index (χ4v) is 3.71. The maximum Gasteiger partial charge on any atom is 0.140 e. The molecule has 0 aromatic carbocycles. The van der Waals surface area contributed by atoms with E-state index in [1.54, 1.807) is 0 Å². The lowest BCUT2D eigenvalue weighted by Gasteiger charge is -2.25. The Morgan fingerprint density at radius 3 is 2.74 bits per heavy atom. The van der Waals surface area contributed by atoms with E-state index < -0.39 is 0 Å². The van der Waals surface area contributed by atoms with Crippen molar-refractivity contribution in [1.82, 2.24) is 4.98 Å². The minimum Gasteiger partial charge on any atom is -0.381 e. The van der Waals surface area contributed by atoms with Crippen LogP contribution >= 0.6 is 0 Å². The van der Waals surface area contributed by atoms with Gasteiger partial charge in [0.15, 0.2) is 0 Å². The van der Waals surface area contributed by atoms with E-state index in [2.05, 4.69) is 31.0 Å². The smallest absolute Gasteiger partial charge is 0.140 e. The van der Waals surface area contributed by atoms with Gasteiger partial charge in [0.05, 0.1) is 6.10 Å². The normalized spacial score (nSPS) is 18.1. The van der Waals surface area contributed by atoms with Gasteiger partial charge in [-0.05, 0) is 43.2 Å². The molecular formula is C16H25NOSi. The zero-order chi connectivity index (χ0) is 13.5. The van der Waals surface area contributed by atoms with E-state index in [4.69, 9.17) is 4.74 Å². The molecule has 1 atom stereocenters. The van der Waals surface area contributed by atoms with Crippen molar-refractivity contribution in [3.63, 3.8) is 0 Å². The van der Waals surface area contributed by atoms with Crippen LogP contribution in [0.5, 0.6) is 0 Å². The lowest BCUT2D eigenvalue weighted by atomic mass is 9.93. The SMILES string of the molecule is CC(C)CC(OC[Si]c1ccccn1)C1CCCC1. The van der Waals surface area contributed by atoms with E-state index in [1.807, 2.05) is 12.3 Å². The summed E-state index contributed by atoms with van der Waals surface area (Å²) in [6, 6.07) is 6.11. The lowest BCUT2D eigenvalue weighted by molar-refractivity contribution is 0.0256. The highest BCUT2D eigenvalue weighted by atomic mass is 28.2. The van der Waals surface area contributed by atoms with Crippen molar-refractivity contribution in [3.8, 4) is 0 Å². The van der Waals surface area contributed by atoms with Crippen LogP contribution in [0.15, 0.2) is 24.4 Å². The van der Waals surface area contributed by atoms with Crippen molar-refractivity contribution in [2.45, 2.75) is 52.1 Å². The molecule has 0 bridgehead atoms. The average molecular weight is 275 g/mol. The first-order valence-electron chi connectivity index (χ1n) is 7.52. The topological polar surface area (TPSA) is 22.1 Å². The second-order valence-electron chi connectivity index (χ2n) is 5.92. The summed E-state index contributed by atoms with van der Waals surface area (Å²) in [6.45, 7) is 4.60. The standard InChI is InChI=1S/C16H25NOSi/c1-13(2)11-15(14-7-3-4-8-14)18-12-19-16-9-5-6-10-17-16/h5-6,9-10,13-15H,3-4,7-8,11-12H2,1-2H3. The minimum atomic E-state index is 0.471. The minimum absolute atomic E-state index is 0.471. The highest BCUT2D eigenvalue weighted by Gasteiger charge is 2.26. The molecular weight excluding hydrogens is 250 g/mol. The Balaban J connectivity index is 1.79.